The average molecular weight is 298 g/mol. The van der Waals surface area contributed by atoms with Gasteiger partial charge in [-0.15, -0.1) is 0 Å². The van der Waals surface area contributed by atoms with Crippen molar-refractivity contribution < 1.29 is 9.53 Å². The van der Waals surface area contributed by atoms with Crippen molar-refractivity contribution in [2.75, 3.05) is 0 Å². The van der Waals surface area contributed by atoms with Crippen LogP contribution in [0.4, 0.5) is 0 Å². The molecule has 0 bridgehead atoms. The number of carbonyl (C=O) groups excluding carboxylic acids is 1. The van der Waals surface area contributed by atoms with Gasteiger partial charge in [0.1, 0.15) is 5.75 Å². The molecule has 0 radical (unpaired) electrons. The number of hydrogen-bond donors (Lipinski definition) is 2. The van der Waals surface area contributed by atoms with Crippen LogP contribution in [0.25, 0.3) is 0 Å². The van der Waals surface area contributed by atoms with Gasteiger partial charge in [-0.1, -0.05) is 30.3 Å². The third-order valence-corrected chi connectivity index (χ3v) is 3.23. The molecule has 0 saturated heterocycles. The van der Waals surface area contributed by atoms with Crippen LogP contribution in [0.15, 0.2) is 48.5 Å². The number of rotatable bonds is 6. The first-order valence-electron chi connectivity index (χ1n) is 7.42. The van der Waals surface area contributed by atoms with Crippen LogP contribution >= 0.6 is 0 Å². The lowest BCUT2D eigenvalue weighted by atomic mass is 10.1. The largest absolute Gasteiger partial charge is 0.491 e. The van der Waals surface area contributed by atoms with Crippen molar-refractivity contribution in [3.63, 3.8) is 0 Å². The molecule has 4 heteroatoms. The topological polar surface area (TPSA) is 64.3 Å². The molecule has 0 aromatic heterocycles. The van der Waals surface area contributed by atoms with Crippen molar-refractivity contribution in [1.82, 2.24) is 5.32 Å². The van der Waals surface area contributed by atoms with Gasteiger partial charge in [0, 0.05) is 24.2 Å². The summed E-state index contributed by atoms with van der Waals surface area (Å²) < 4.78 is 5.75. The molecule has 0 unspecified atom stereocenters. The second-order valence-corrected chi connectivity index (χ2v) is 5.36. The molecule has 0 aliphatic carbocycles. The van der Waals surface area contributed by atoms with Gasteiger partial charge in [-0.3, -0.25) is 4.79 Å². The number of nitrogens with two attached hydrogens (primary N) is 1. The molecular formula is C18H22N2O2. The summed E-state index contributed by atoms with van der Waals surface area (Å²) in [5.41, 5.74) is 8.14. The van der Waals surface area contributed by atoms with E-state index in [4.69, 9.17) is 10.5 Å². The number of benzene rings is 2. The molecule has 0 saturated carbocycles. The molecule has 0 atom stereocenters. The Morgan fingerprint density at radius 3 is 2.45 bits per heavy atom. The van der Waals surface area contributed by atoms with Gasteiger partial charge in [0.05, 0.1) is 6.10 Å². The maximum atomic E-state index is 12.2. The zero-order valence-corrected chi connectivity index (χ0v) is 13.0. The van der Waals surface area contributed by atoms with Gasteiger partial charge < -0.3 is 15.8 Å². The number of ether oxygens (including phenoxy) is 1. The third kappa shape index (κ3) is 4.33. The summed E-state index contributed by atoms with van der Waals surface area (Å²) in [6.07, 6.45) is 0.0978. The lowest BCUT2D eigenvalue weighted by Gasteiger charge is -2.14. The highest BCUT2D eigenvalue weighted by molar-refractivity contribution is 5.94. The number of amides is 1. The van der Waals surface area contributed by atoms with Gasteiger partial charge in [-0.2, -0.15) is 0 Å². The summed E-state index contributed by atoms with van der Waals surface area (Å²) in [5.74, 6) is 0.694. The van der Waals surface area contributed by atoms with Gasteiger partial charge in [-0.05, 0) is 37.6 Å². The van der Waals surface area contributed by atoms with Gasteiger partial charge in [0.15, 0.2) is 0 Å². The highest BCUT2D eigenvalue weighted by Crippen LogP contribution is 2.19. The van der Waals surface area contributed by atoms with Crippen LogP contribution in [-0.2, 0) is 13.1 Å². The fourth-order valence-electron chi connectivity index (χ4n) is 2.09. The second kappa shape index (κ2) is 7.61. The monoisotopic (exact) mass is 298 g/mol. The van der Waals surface area contributed by atoms with E-state index in [1.807, 2.05) is 50.2 Å². The maximum absolute atomic E-state index is 12.2. The molecule has 0 aliphatic rings. The Bertz CT molecular complexity index is 621. The lowest BCUT2D eigenvalue weighted by molar-refractivity contribution is 0.0950. The summed E-state index contributed by atoms with van der Waals surface area (Å²) in [4.78, 5) is 12.2. The molecule has 4 nitrogen and oxygen atoms in total. The summed E-state index contributed by atoms with van der Waals surface area (Å²) >= 11 is 0. The van der Waals surface area contributed by atoms with E-state index in [1.54, 1.807) is 12.1 Å². The Balaban J connectivity index is 2.01. The zero-order chi connectivity index (χ0) is 15.9. The third-order valence-electron chi connectivity index (χ3n) is 3.23. The van der Waals surface area contributed by atoms with Crippen LogP contribution in [0.1, 0.15) is 35.3 Å². The minimum absolute atomic E-state index is 0.0978. The predicted molar refractivity (Wildman–Crippen MR) is 87.7 cm³/mol. The molecule has 2 rings (SSSR count). The van der Waals surface area contributed by atoms with Crippen LogP contribution in [0, 0.1) is 0 Å². The highest BCUT2D eigenvalue weighted by Gasteiger charge is 2.08. The van der Waals surface area contributed by atoms with E-state index in [2.05, 4.69) is 5.32 Å². The van der Waals surface area contributed by atoms with Crippen LogP contribution in [-0.4, -0.2) is 12.0 Å². The van der Waals surface area contributed by atoms with Crippen molar-refractivity contribution in [3.05, 3.63) is 65.2 Å². The lowest BCUT2D eigenvalue weighted by Crippen LogP contribution is -2.23. The van der Waals surface area contributed by atoms with Gasteiger partial charge >= 0.3 is 0 Å². The second-order valence-electron chi connectivity index (χ2n) is 5.36. The van der Waals surface area contributed by atoms with Gasteiger partial charge in [0.2, 0.25) is 0 Å². The first-order valence-corrected chi connectivity index (χ1v) is 7.42. The molecule has 0 spiro atoms. The molecule has 0 aliphatic heterocycles. The number of hydrogen-bond acceptors (Lipinski definition) is 3. The van der Waals surface area contributed by atoms with Crippen LogP contribution in [0.2, 0.25) is 0 Å². The quantitative estimate of drug-likeness (QED) is 0.862. The first kappa shape index (κ1) is 16.0. The van der Waals surface area contributed by atoms with Gasteiger partial charge in [-0.25, -0.2) is 0 Å². The highest BCUT2D eigenvalue weighted by atomic mass is 16.5. The first-order chi connectivity index (χ1) is 10.6. The van der Waals surface area contributed by atoms with E-state index in [1.165, 1.54) is 0 Å². The van der Waals surface area contributed by atoms with E-state index in [9.17, 15) is 4.79 Å². The van der Waals surface area contributed by atoms with E-state index in [-0.39, 0.29) is 12.0 Å². The number of nitrogens with one attached hydrogen (secondary N) is 1. The predicted octanol–water partition coefficient (Wildman–Crippen LogP) is 2.86. The van der Waals surface area contributed by atoms with Crippen molar-refractivity contribution in [1.29, 1.82) is 0 Å². The van der Waals surface area contributed by atoms with Crippen LogP contribution in [0.3, 0.4) is 0 Å². The summed E-state index contributed by atoms with van der Waals surface area (Å²) in [7, 11) is 0. The summed E-state index contributed by atoms with van der Waals surface area (Å²) in [6, 6.07) is 15.0. The standard InChI is InChI=1S/C18H22N2O2/c1-13(2)22-17-6-4-3-5-16(17)12-20-18(21)15-9-7-14(11-19)8-10-15/h3-10,13H,11-12,19H2,1-2H3,(H,20,21). The van der Waals surface area contributed by atoms with Crippen molar-refractivity contribution in [2.24, 2.45) is 5.73 Å². The molecule has 2 aromatic carbocycles. The minimum Gasteiger partial charge on any atom is -0.491 e. The molecule has 0 fully saturated rings. The Morgan fingerprint density at radius 1 is 1.14 bits per heavy atom. The average Bonchev–Trinajstić information content (AvgIpc) is 2.53. The SMILES string of the molecule is CC(C)Oc1ccccc1CNC(=O)c1ccc(CN)cc1. The molecule has 0 heterocycles. The van der Waals surface area contributed by atoms with E-state index < -0.39 is 0 Å². The molecule has 22 heavy (non-hydrogen) atoms. The Hall–Kier alpha value is -2.33. The van der Waals surface area contributed by atoms with Crippen LogP contribution < -0.4 is 15.8 Å². The van der Waals surface area contributed by atoms with Gasteiger partial charge in [0.25, 0.3) is 5.91 Å². The minimum atomic E-state index is -0.108. The van der Waals surface area contributed by atoms with Crippen molar-refractivity contribution in [3.8, 4) is 5.75 Å². The van der Waals surface area contributed by atoms with E-state index in [0.717, 1.165) is 16.9 Å². The van der Waals surface area contributed by atoms with E-state index >= 15 is 0 Å². The fraction of sp³-hybridized carbons (Fsp3) is 0.278. The van der Waals surface area contributed by atoms with Crippen LogP contribution in [0.5, 0.6) is 5.75 Å². The molecular weight excluding hydrogens is 276 g/mol. The normalized spacial score (nSPS) is 10.5. The summed E-state index contributed by atoms with van der Waals surface area (Å²) in [5, 5.41) is 2.92. The number of para-hydroxylation sites is 1. The number of carbonyl (C=O) groups is 1. The Morgan fingerprint density at radius 2 is 1.82 bits per heavy atom. The zero-order valence-electron chi connectivity index (χ0n) is 13.0. The molecule has 2 aromatic rings. The Kier molecular flexibility index (Phi) is 5.55. The summed E-state index contributed by atoms with van der Waals surface area (Å²) in [6.45, 7) is 4.87. The van der Waals surface area contributed by atoms with Crippen molar-refractivity contribution in [2.45, 2.75) is 33.0 Å². The molecule has 1 amide bonds. The van der Waals surface area contributed by atoms with E-state index in [0.29, 0.717) is 18.7 Å². The fourth-order valence-corrected chi connectivity index (χ4v) is 2.09. The maximum Gasteiger partial charge on any atom is 0.251 e. The smallest absolute Gasteiger partial charge is 0.251 e. The molecule has 3 N–H and O–H groups in total. The Labute approximate surface area is 131 Å². The molecule has 116 valence electrons. The van der Waals surface area contributed by atoms with Crippen molar-refractivity contribution >= 4 is 5.91 Å².